The Morgan fingerprint density at radius 3 is 3.00 bits per heavy atom. The zero-order chi connectivity index (χ0) is 10.9. The molecule has 1 saturated heterocycles. The van der Waals surface area contributed by atoms with Crippen molar-refractivity contribution in [1.82, 2.24) is 4.98 Å². The van der Waals surface area contributed by atoms with E-state index in [9.17, 15) is 0 Å². The molecule has 0 aliphatic carbocycles. The van der Waals surface area contributed by atoms with Crippen LogP contribution in [0.3, 0.4) is 0 Å². The first-order valence-electron chi connectivity index (χ1n) is 5.41. The van der Waals surface area contributed by atoms with Crippen molar-refractivity contribution in [2.45, 2.75) is 43.9 Å². The number of nitrogens with zero attached hydrogens (tertiary/aromatic N) is 1. The van der Waals surface area contributed by atoms with Crippen molar-refractivity contribution < 1.29 is 0 Å². The van der Waals surface area contributed by atoms with Crippen LogP contribution < -0.4 is 5.73 Å². The maximum atomic E-state index is 6.30. The molecule has 84 valence electrons. The molecule has 2 atom stereocenters. The van der Waals surface area contributed by atoms with E-state index >= 15 is 0 Å². The zero-order valence-corrected chi connectivity index (χ0v) is 11.0. The summed E-state index contributed by atoms with van der Waals surface area (Å²) in [6, 6.07) is 0.246. The Kier molecular flexibility index (Phi) is 3.38. The van der Waals surface area contributed by atoms with Crippen LogP contribution in [-0.2, 0) is 6.42 Å². The quantitative estimate of drug-likeness (QED) is 0.885. The van der Waals surface area contributed by atoms with Gasteiger partial charge in [-0.05, 0) is 32.4 Å². The summed E-state index contributed by atoms with van der Waals surface area (Å²) in [4.78, 5) is 4.48. The van der Waals surface area contributed by atoms with Crippen molar-refractivity contribution in [3.05, 3.63) is 16.1 Å². The second kappa shape index (κ2) is 4.44. The van der Waals surface area contributed by atoms with E-state index in [0.29, 0.717) is 0 Å². The van der Waals surface area contributed by atoms with E-state index in [-0.39, 0.29) is 10.8 Å². The number of rotatable bonds is 3. The number of hydrogen-bond acceptors (Lipinski definition) is 4. The average molecular weight is 242 g/mol. The molecule has 0 radical (unpaired) electrons. The Hall–Kier alpha value is -0.0600. The second-order valence-corrected chi connectivity index (χ2v) is 7.03. The number of thioether (sulfide) groups is 1. The molecule has 15 heavy (non-hydrogen) atoms. The summed E-state index contributed by atoms with van der Waals surface area (Å²) in [6.07, 6.45) is 3.50. The Morgan fingerprint density at radius 1 is 1.67 bits per heavy atom. The zero-order valence-electron chi connectivity index (χ0n) is 9.32. The average Bonchev–Trinajstić information content (AvgIpc) is 2.76. The molecule has 2 N–H and O–H groups in total. The lowest BCUT2D eigenvalue weighted by Crippen LogP contribution is -2.42. The molecule has 2 heterocycles. The first-order valence-corrected chi connectivity index (χ1v) is 7.27. The summed E-state index contributed by atoms with van der Waals surface area (Å²) in [7, 11) is 0. The van der Waals surface area contributed by atoms with Crippen LogP contribution in [0.15, 0.2) is 5.38 Å². The molecule has 1 aromatic heterocycles. The van der Waals surface area contributed by atoms with E-state index in [0.717, 1.165) is 12.1 Å². The fourth-order valence-electron chi connectivity index (χ4n) is 1.99. The maximum Gasteiger partial charge on any atom is 0.0944 e. The van der Waals surface area contributed by atoms with Crippen molar-refractivity contribution in [2.75, 3.05) is 5.75 Å². The van der Waals surface area contributed by atoms with Crippen molar-refractivity contribution in [3.8, 4) is 0 Å². The van der Waals surface area contributed by atoms with Crippen LogP contribution >= 0.6 is 23.1 Å². The van der Waals surface area contributed by atoms with Gasteiger partial charge in [0.25, 0.3) is 0 Å². The number of aromatic nitrogens is 1. The Bertz CT molecular complexity index is 329. The predicted molar refractivity (Wildman–Crippen MR) is 68.6 cm³/mol. The molecule has 4 heteroatoms. The van der Waals surface area contributed by atoms with E-state index in [2.05, 4.69) is 17.3 Å². The lowest BCUT2D eigenvalue weighted by Gasteiger charge is -2.29. The molecule has 0 aromatic carbocycles. The van der Waals surface area contributed by atoms with Gasteiger partial charge < -0.3 is 5.73 Å². The van der Waals surface area contributed by atoms with Gasteiger partial charge in [-0.1, -0.05) is 0 Å². The minimum absolute atomic E-state index is 0.246. The number of aryl methyl sites for hydroxylation is 1. The molecule has 2 unspecified atom stereocenters. The molecule has 0 amide bonds. The van der Waals surface area contributed by atoms with Crippen molar-refractivity contribution in [1.29, 1.82) is 0 Å². The Morgan fingerprint density at radius 2 is 2.47 bits per heavy atom. The molecular weight excluding hydrogens is 224 g/mol. The third-order valence-corrected chi connectivity index (χ3v) is 5.74. The van der Waals surface area contributed by atoms with Gasteiger partial charge in [-0.3, -0.25) is 0 Å². The number of nitrogens with two attached hydrogens (primary N) is 1. The van der Waals surface area contributed by atoms with Gasteiger partial charge >= 0.3 is 0 Å². The molecule has 1 aromatic rings. The van der Waals surface area contributed by atoms with Crippen LogP contribution in [0.25, 0.3) is 0 Å². The second-order valence-electron chi connectivity index (χ2n) is 4.46. The van der Waals surface area contributed by atoms with Gasteiger partial charge in [0.15, 0.2) is 0 Å². The van der Waals surface area contributed by atoms with E-state index in [1.165, 1.54) is 23.6 Å². The minimum atomic E-state index is 0.246. The molecule has 1 aliphatic rings. The van der Waals surface area contributed by atoms with Crippen molar-refractivity contribution in [3.63, 3.8) is 0 Å². The highest BCUT2D eigenvalue weighted by Gasteiger charge is 2.35. The minimum Gasteiger partial charge on any atom is -0.326 e. The SMILES string of the molecule is Cc1csc(CC(N)C2(C)CCCS2)n1. The Labute approximate surface area is 99.7 Å². The fourth-order valence-corrected chi connectivity index (χ4v) is 4.17. The standard InChI is InChI=1S/C11H18N2S2/c1-8-7-14-10(13-8)6-9(12)11(2)4-3-5-15-11/h7,9H,3-6,12H2,1-2H3. The first-order chi connectivity index (χ1) is 7.10. The Balaban J connectivity index is 1.99. The largest absolute Gasteiger partial charge is 0.326 e. The van der Waals surface area contributed by atoms with Gasteiger partial charge in [-0.2, -0.15) is 11.8 Å². The molecule has 2 nitrogen and oxygen atoms in total. The van der Waals surface area contributed by atoms with E-state index in [1.807, 2.05) is 18.7 Å². The van der Waals surface area contributed by atoms with E-state index in [1.54, 1.807) is 11.3 Å². The van der Waals surface area contributed by atoms with Crippen LogP contribution in [-0.4, -0.2) is 21.5 Å². The highest BCUT2D eigenvalue weighted by atomic mass is 32.2. The molecule has 2 rings (SSSR count). The van der Waals surface area contributed by atoms with E-state index in [4.69, 9.17) is 5.73 Å². The number of thiazole rings is 1. The lowest BCUT2D eigenvalue weighted by atomic mass is 9.95. The summed E-state index contributed by atoms with van der Waals surface area (Å²) in [5.41, 5.74) is 7.42. The van der Waals surface area contributed by atoms with E-state index < -0.39 is 0 Å². The predicted octanol–water partition coefficient (Wildman–Crippen LogP) is 2.61. The maximum absolute atomic E-state index is 6.30. The van der Waals surface area contributed by atoms with Gasteiger partial charge in [0.2, 0.25) is 0 Å². The van der Waals surface area contributed by atoms with Crippen LogP contribution in [0.4, 0.5) is 0 Å². The van der Waals surface area contributed by atoms with Gasteiger partial charge in [-0.15, -0.1) is 11.3 Å². The third-order valence-electron chi connectivity index (χ3n) is 3.09. The monoisotopic (exact) mass is 242 g/mol. The van der Waals surface area contributed by atoms with Crippen LogP contribution in [0.1, 0.15) is 30.5 Å². The fraction of sp³-hybridized carbons (Fsp3) is 0.727. The van der Waals surface area contributed by atoms with Crippen molar-refractivity contribution in [2.24, 2.45) is 5.73 Å². The highest BCUT2D eigenvalue weighted by molar-refractivity contribution is 8.00. The molecule has 1 aliphatic heterocycles. The smallest absolute Gasteiger partial charge is 0.0944 e. The van der Waals surface area contributed by atoms with Crippen molar-refractivity contribution >= 4 is 23.1 Å². The summed E-state index contributed by atoms with van der Waals surface area (Å²) < 4.78 is 0.277. The van der Waals surface area contributed by atoms with Gasteiger partial charge in [0, 0.05) is 28.3 Å². The van der Waals surface area contributed by atoms with Gasteiger partial charge in [0.05, 0.1) is 5.01 Å². The van der Waals surface area contributed by atoms with Crippen LogP contribution in [0, 0.1) is 6.92 Å². The molecule has 1 fully saturated rings. The van der Waals surface area contributed by atoms with Gasteiger partial charge in [0.1, 0.15) is 0 Å². The lowest BCUT2D eigenvalue weighted by molar-refractivity contribution is 0.481. The topological polar surface area (TPSA) is 38.9 Å². The first kappa shape index (κ1) is 11.4. The third kappa shape index (κ3) is 2.55. The summed E-state index contributed by atoms with van der Waals surface area (Å²) >= 11 is 3.77. The van der Waals surface area contributed by atoms with Crippen LogP contribution in [0.5, 0.6) is 0 Å². The number of hydrogen-bond donors (Lipinski definition) is 1. The summed E-state index contributed by atoms with van der Waals surface area (Å²) in [6.45, 7) is 4.34. The molecule has 0 saturated carbocycles. The highest BCUT2D eigenvalue weighted by Crippen LogP contribution is 2.40. The molecular formula is C11H18N2S2. The molecule has 0 spiro atoms. The normalized spacial score (nSPS) is 28.2. The van der Waals surface area contributed by atoms with Crippen LogP contribution in [0.2, 0.25) is 0 Å². The summed E-state index contributed by atoms with van der Waals surface area (Å²) in [5, 5.41) is 3.29. The van der Waals surface area contributed by atoms with Gasteiger partial charge in [-0.25, -0.2) is 4.98 Å². The molecule has 0 bridgehead atoms. The summed E-state index contributed by atoms with van der Waals surface area (Å²) in [5.74, 6) is 1.26.